The molecule has 0 radical (unpaired) electrons. The summed E-state index contributed by atoms with van der Waals surface area (Å²) in [6, 6.07) is 1.02. The minimum Gasteiger partial charge on any atom is -0.400 e. The number of nitrogens with one attached hydrogen (secondary N) is 1. The van der Waals surface area contributed by atoms with E-state index in [1.54, 1.807) is 0 Å². The molecule has 0 saturated carbocycles. The van der Waals surface area contributed by atoms with E-state index in [-0.39, 0.29) is 23.4 Å². The third-order valence-corrected chi connectivity index (χ3v) is 1.86. The average Bonchev–Trinajstić information content (AvgIpc) is 2.19. The van der Waals surface area contributed by atoms with E-state index in [1.165, 1.54) is 0 Å². The highest BCUT2D eigenvalue weighted by atomic mass is 35.5. The molecule has 0 amide bonds. The van der Waals surface area contributed by atoms with Crippen molar-refractivity contribution >= 4 is 17.9 Å². The highest BCUT2D eigenvalue weighted by Gasteiger charge is 2.33. The first-order valence-electron chi connectivity index (χ1n) is 3.90. The Bertz CT molecular complexity index is 455. The van der Waals surface area contributed by atoms with Crippen molar-refractivity contribution in [2.24, 2.45) is 0 Å². The lowest BCUT2D eigenvalue weighted by Gasteiger charge is -2.11. The third-order valence-electron chi connectivity index (χ3n) is 1.57. The number of carbonyl (C=O) groups is 1. The molecule has 1 aromatic heterocycles. The molecular weight excluding hydrogens is 251 g/mol. The zero-order valence-corrected chi connectivity index (χ0v) is 8.35. The Labute approximate surface area is 92.0 Å². The SMILES string of the molecule is O=Cc1cc(CCl)c(OC(F)(F)F)c(=O)[nH]1. The summed E-state index contributed by atoms with van der Waals surface area (Å²) >= 11 is 5.35. The molecule has 1 rings (SSSR count). The van der Waals surface area contributed by atoms with Crippen molar-refractivity contribution in [2.45, 2.75) is 12.2 Å². The van der Waals surface area contributed by atoms with Crippen LogP contribution in [0, 0.1) is 0 Å². The largest absolute Gasteiger partial charge is 0.573 e. The first-order chi connectivity index (χ1) is 7.37. The predicted octanol–water partition coefficient (Wildman–Crippen LogP) is 1.82. The first-order valence-corrected chi connectivity index (χ1v) is 4.44. The van der Waals surface area contributed by atoms with Crippen LogP contribution in [-0.4, -0.2) is 17.6 Å². The average molecular weight is 256 g/mol. The van der Waals surface area contributed by atoms with Crippen molar-refractivity contribution in [3.63, 3.8) is 0 Å². The molecule has 0 spiro atoms. The van der Waals surface area contributed by atoms with Crippen LogP contribution >= 0.6 is 11.6 Å². The van der Waals surface area contributed by atoms with Crippen LogP contribution in [0.25, 0.3) is 0 Å². The zero-order chi connectivity index (χ0) is 12.3. The Morgan fingerprint density at radius 1 is 1.50 bits per heavy atom. The van der Waals surface area contributed by atoms with E-state index < -0.39 is 17.7 Å². The highest BCUT2D eigenvalue weighted by Crippen LogP contribution is 2.24. The van der Waals surface area contributed by atoms with Gasteiger partial charge in [0.25, 0.3) is 5.56 Å². The van der Waals surface area contributed by atoms with Crippen LogP contribution in [0.2, 0.25) is 0 Å². The Balaban J connectivity index is 3.27. The van der Waals surface area contributed by atoms with Gasteiger partial charge in [-0.2, -0.15) is 0 Å². The minimum atomic E-state index is -4.99. The van der Waals surface area contributed by atoms with E-state index in [2.05, 4.69) is 4.74 Å². The number of carbonyl (C=O) groups excluding carboxylic acids is 1. The van der Waals surface area contributed by atoms with Crippen molar-refractivity contribution in [1.29, 1.82) is 0 Å². The van der Waals surface area contributed by atoms with E-state index in [1.807, 2.05) is 4.98 Å². The van der Waals surface area contributed by atoms with Crippen LogP contribution in [0.3, 0.4) is 0 Å². The Hall–Kier alpha value is -1.50. The number of H-pyrrole nitrogens is 1. The second-order valence-electron chi connectivity index (χ2n) is 2.71. The Morgan fingerprint density at radius 2 is 2.12 bits per heavy atom. The molecule has 16 heavy (non-hydrogen) atoms. The Kier molecular flexibility index (Phi) is 3.58. The number of alkyl halides is 4. The fraction of sp³-hybridized carbons (Fsp3) is 0.250. The number of halogens is 4. The van der Waals surface area contributed by atoms with Crippen molar-refractivity contribution in [2.75, 3.05) is 0 Å². The number of hydrogen-bond acceptors (Lipinski definition) is 3. The van der Waals surface area contributed by atoms with Crippen molar-refractivity contribution < 1.29 is 22.7 Å². The first kappa shape index (κ1) is 12.6. The van der Waals surface area contributed by atoms with E-state index in [0.29, 0.717) is 0 Å². The van der Waals surface area contributed by atoms with Crippen LogP contribution < -0.4 is 10.3 Å². The molecule has 4 nitrogen and oxygen atoms in total. The molecule has 1 aromatic rings. The van der Waals surface area contributed by atoms with Gasteiger partial charge in [-0.05, 0) is 6.07 Å². The number of pyridine rings is 1. The summed E-state index contributed by atoms with van der Waals surface area (Å²) in [4.78, 5) is 23.4. The molecule has 88 valence electrons. The number of aldehydes is 1. The summed E-state index contributed by atoms with van der Waals surface area (Å²) in [5, 5.41) is 0. The normalized spacial score (nSPS) is 11.2. The highest BCUT2D eigenvalue weighted by molar-refractivity contribution is 6.17. The zero-order valence-electron chi connectivity index (χ0n) is 7.60. The maximum Gasteiger partial charge on any atom is 0.573 e. The lowest BCUT2D eigenvalue weighted by molar-refractivity contribution is -0.275. The van der Waals surface area contributed by atoms with Crippen molar-refractivity contribution in [3.8, 4) is 5.75 Å². The summed E-state index contributed by atoms with van der Waals surface area (Å²) in [7, 11) is 0. The van der Waals surface area contributed by atoms with E-state index in [4.69, 9.17) is 11.6 Å². The molecule has 8 heteroatoms. The van der Waals surface area contributed by atoms with Gasteiger partial charge in [0.2, 0.25) is 0 Å². The molecular formula is C8H5ClF3NO3. The molecule has 0 saturated heterocycles. The van der Waals surface area contributed by atoms with Gasteiger partial charge >= 0.3 is 6.36 Å². The number of aromatic nitrogens is 1. The van der Waals surface area contributed by atoms with Gasteiger partial charge in [-0.3, -0.25) is 9.59 Å². The fourth-order valence-electron chi connectivity index (χ4n) is 1.01. The number of aromatic amines is 1. The smallest absolute Gasteiger partial charge is 0.400 e. The maximum absolute atomic E-state index is 11.9. The second-order valence-corrected chi connectivity index (χ2v) is 2.97. The molecule has 0 unspecified atom stereocenters. The molecule has 1 heterocycles. The molecule has 0 aliphatic rings. The lowest BCUT2D eigenvalue weighted by Crippen LogP contribution is -2.24. The van der Waals surface area contributed by atoms with Gasteiger partial charge in [-0.25, -0.2) is 0 Å². The molecule has 1 N–H and O–H groups in total. The van der Waals surface area contributed by atoms with Crippen LogP contribution in [0.1, 0.15) is 16.1 Å². The summed E-state index contributed by atoms with van der Waals surface area (Å²) in [5.74, 6) is -1.33. The van der Waals surface area contributed by atoms with Gasteiger partial charge in [0.05, 0.1) is 11.6 Å². The van der Waals surface area contributed by atoms with Gasteiger partial charge in [0, 0.05) is 5.56 Å². The van der Waals surface area contributed by atoms with E-state index >= 15 is 0 Å². The van der Waals surface area contributed by atoms with Crippen molar-refractivity contribution in [3.05, 3.63) is 27.7 Å². The molecule has 0 atom stereocenters. The summed E-state index contributed by atoms with van der Waals surface area (Å²) in [6.07, 6.45) is -4.70. The van der Waals surface area contributed by atoms with Crippen LogP contribution in [0.5, 0.6) is 5.75 Å². The number of hydrogen-bond donors (Lipinski definition) is 1. The van der Waals surface area contributed by atoms with E-state index in [0.717, 1.165) is 6.07 Å². The van der Waals surface area contributed by atoms with Gasteiger partial charge in [0.1, 0.15) is 0 Å². The van der Waals surface area contributed by atoms with Crippen LogP contribution in [-0.2, 0) is 5.88 Å². The second kappa shape index (κ2) is 4.56. The Morgan fingerprint density at radius 3 is 2.56 bits per heavy atom. The summed E-state index contributed by atoms with van der Waals surface area (Å²) < 4.78 is 39.3. The summed E-state index contributed by atoms with van der Waals surface area (Å²) in [5.41, 5.74) is -1.53. The maximum atomic E-state index is 11.9. The van der Waals surface area contributed by atoms with Gasteiger partial charge in [-0.1, -0.05) is 0 Å². The van der Waals surface area contributed by atoms with Crippen LogP contribution in [0.4, 0.5) is 13.2 Å². The predicted molar refractivity (Wildman–Crippen MR) is 48.7 cm³/mol. The third kappa shape index (κ3) is 2.99. The quantitative estimate of drug-likeness (QED) is 0.662. The topological polar surface area (TPSA) is 59.2 Å². The summed E-state index contributed by atoms with van der Waals surface area (Å²) in [6.45, 7) is 0. The monoisotopic (exact) mass is 255 g/mol. The van der Waals surface area contributed by atoms with Gasteiger partial charge in [-0.15, -0.1) is 24.8 Å². The molecule has 0 bridgehead atoms. The molecule has 0 aromatic carbocycles. The lowest BCUT2D eigenvalue weighted by atomic mass is 10.2. The van der Waals surface area contributed by atoms with Crippen molar-refractivity contribution in [1.82, 2.24) is 4.98 Å². The fourth-order valence-corrected chi connectivity index (χ4v) is 1.21. The standard InChI is InChI=1S/C8H5ClF3NO3/c9-2-4-1-5(3-14)13-7(15)6(4)16-8(10,11)12/h1,3H,2H2,(H,13,15). The van der Waals surface area contributed by atoms with Gasteiger partial charge in [0.15, 0.2) is 12.0 Å². The molecule has 0 fully saturated rings. The van der Waals surface area contributed by atoms with Crippen LogP contribution in [0.15, 0.2) is 10.9 Å². The minimum absolute atomic E-state index is 0.171. The molecule has 0 aliphatic carbocycles. The number of ether oxygens (including phenoxy) is 1. The molecule has 0 aliphatic heterocycles. The number of rotatable bonds is 3. The van der Waals surface area contributed by atoms with E-state index in [9.17, 15) is 22.8 Å². The van der Waals surface area contributed by atoms with Gasteiger partial charge < -0.3 is 9.72 Å².